The van der Waals surface area contributed by atoms with Crippen LogP contribution in [0.1, 0.15) is 11.6 Å². The van der Waals surface area contributed by atoms with Crippen LogP contribution in [-0.2, 0) is 0 Å². The Morgan fingerprint density at radius 3 is 2.80 bits per heavy atom. The van der Waals surface area contributed by atoms with Gasteiger partial charge in [-0.3, -0.25) is 0 Å². The molecule has 1 aliphatic rings. The molecule has 2 atom stereocenters. The van der Waals surface area contributed by atoms with Crippen LogP contribution in [0.15, 0.2) is 47.4 Å². The highest BCUT2D eigenvalue weighted by Gasteiger charge is 2.28. The largest absolute Gasteiger partial charge is 0.486 e. The minimum atomic E-state index is -0.304. The molecule has 0 aromatic heterocycles. The molecular weight excluding hydrogens is 313 g/mol. The van der Waals surface area contributed by atoms with Gasteiger partial charge >= 0.3 is 0 Å². The zero-order valence-electron chi connectivity index (χ0n) is 10.6. The van der Waals surface area contributed by atoms with Gasteiger partial charge in [0.05, 0.1) is 16.1 Å². The van der Waals surface area contributed by atoms with E-state index < -0.39 is 0 Å². The number of rotatable bonds is 2. The fourth-order valence-electron chi connectivity index (χ4n) is 2.19. The quantitative estimate of drug-likeness (QED) is 0.879. The molecule has 2 aromatic carbocycles. The number of hydrogen-bond acceptors (Lipinski definition) is 3. The van der Waals surface area contributed by atoms with E-state index in [0.29, 0.717) is 10.0 Å². The van der Waals surface area contributed by atoms with Crippen LogP contribution in [0.4, 0.5) is 0 Å². The number of nitrogens with two attached hydrogens (primary N) is 1. The van der Waals surface area contributed by atoms with Crippen LogP contribution in [0, 0.1) is 0 Å². The van der Waals surface area contributed by atoms with Crippen LogP contribution in [0.5, 0.6) is 5.75 Å². The molecule has 2 aromatic rings. The summed E-state index contributed by atoms with van der Waals surface area (Å²) in [5.41, 5.74) is 7.14. The van der Waals surface area contributed by atoms with E-state index in [9.17, 15) is 0 Å². The predicted octanol–water partition coefficient (Wildman–Crippen LogP) is 4.55. The minimum absolute atomic E-state index is 0.120. The zero-order valence-corrected chi connectivity index (χ0v) is 12.9. The van der Waals surface area contributed by atoms with Gasteiger partial charge in [0.25, 0.3) is 0 Å². The van der Waals surface area contributed by atoms with Gasteiger partial charge in [-0.25, -0.2) is 0 Å². The highest BCUT2D eigenvalue weighted by Crippen LogP contribution is 2.39. The van der Waals surface area contributed by atoms with Gasteiger partial charge in [0.1, 0.15) is 11.9 Å². The second kappa shape index (κ2) is 5.86. The molecule has 0 radical (unpaired) electrons. The third-order valence-corrected chi connectivity index (χ3v) is 5.25. The maximum atomic E-state index is 6.32. The van der Waals surface area contributed by atoms with Crippen molar-refractivity contribution < 1.29 is 4.74 Å². The Morgan fingerprint density at radius 1 is 1.15 bits per heavy atom. The second-order valence-corrected chi connectivity index (χ2v) is 6.43. The number of ether oxygens (including phenoxy) is 1. The molecule has 20 heavy (non-hydrogen) atoms. The molecule has 2 unspecified atom stereocenters. The van der Waals surface area contributed by atoms with Crippen LogP contribution in [-0.4, -0.2) is 11.9 Å². The first-order chi connectivity index (χ1) is 9.66. The molecule has 5 heteroatoms. The van der Waals surface area contributed by atoms with Gasteiger partial charge in [0.2, 0.25) is 0 Å². The Labute approximate surface area is 132 Å². The first kappa shape index (κ1) is 14.1. The highest BCUT2D eigenvalue weighted by molar-refractivity contribution is 7.99. The molecule has 0 amide bonds. The fourth-order valence-corrected chi connectivity index (χ4v) is 3.68. The number of halogens is 2. The van der Waals surface area contributed by atoms with E-state index in [-0.39, 0.29) is 12.1 Å². The number of fused-ring (bicyclic) bond motifs is 1. The standard InChI is InChI=1S/C15H13Cl2NOS/c16-10-5-3-4-9(14(10)17)15(18)12-8-20-13-7-2-1-6-11(13)19-12/h1-7,12,15H,8,18H2. The van der Waals surface area contributed by atoms with Gasteiger partial charge in [0.15, 0.2) is 0 Å². The van der Waals surface area contributed by atoms with Crippen LogP contribution < -0.4 is 10.5 Å². The molecule has 1 heterocycles. The first-order valence-electron chi connectivity index (χ1n) is 6.25. The summed E-state index contributed by atoms with van der Waals surface area (Å²) >= 11 is 14.0. The average molecular weight is 326 g/mol. The van der Waals surface area contributed by atoms with E-state index >= 15 is 0 Å². The summed E-state index contributed by atoms with van der Waals surface area (Å²) in [4.78, 5) is 1.15. The molecule has 2 N–H and O–H groups in total. The summed E-state index contributed by atoms with van der Waals surface area (Å²) in [6.07, 6.45) is -0.120. The Hall–Kier alpha value is -0.870. The van der Waals surface area contributed by atoms with E-state index in [1.165, 1.54) is 0 Å². The Balaban J connectivity index is 1.86. The van der Waals surface area contributed by atoms with Crippen molar-refractivity contribution in [2.45, 2.75) is 17.0 Å². The third-order valence-electron chi connectivity index (χ3n) is 3.27. The van der Waals surface area contributed by atoms with Gasteiger partial charge in [-0.2, -0.15) is 0 Å². The van der Waals surface area contributed by atoms with Crippen molar-refractivity contribution >= 4 is 35.0 Å². The van der Waals surface area contributed by atoms with Crippen molar-refractivity contribution in [3.8, 4) is 5.75 Å². The maximum Gasteiger partial charge on any atom is 0.133 e. The number of hydrogen-bond donors (Lipinski definition) is 1. The van der Waals surface area contributed by atoms with Crippen molar-refractivity contribution in [1.82, 2.24) is 0 Å². The molecular formula is C15H13Cl2NOS. The van der Waals surface area contributed by atoms with Crippen molar-refractivity contribution in [1.29, 1.82) is 0 Å². The van der Waals surface area contributed by atoms with Crippen LogP contribution in [0.2, 0.25) is 10.0 Å². The lowest BCUT2D eigenvalue weighted by Crippen LogP contribution is -2.35. The molecule has 0 spiro atoms. The molecule has 1 aliphatic heterocycles. The Bertz CT molecular complexity index is 635. The smallest absolute Gasteiger partial charge is 0.133 e. The van der Waals surface area contributed by atoms with Gasteiger partial charge in [-0.15, -0.1) is 11.8 Å². The van der Waals surface area contributed by atoms with E-state index in [1.54, 1.807) is 17.8 Å². The summed E-state index contributed by atoms with van der Waals surface area (Å²) in [7, 11) is 0. The number of thioether (sulfide) groups is 1. The third kappa shape index (κ3) is 2.63. The summed E-state index contributed by atoms with van der Waals surface area (Å²) in [5.74, 6) is 1.67. The molecule has 0 saturated carbocycles. The van der Waals surface area contributed by atoms with Crippen LogP contribution in [0.25, 0.3) is 0 Å². The second-order valence-electron chi connectivity index (χ2n) is 4.58. The van der Waals surface area contributed by atoms with E-state index in [0.717, 1.165) is 22.0 Å². The SMILES string of the molecule is NC(c1cccc(Cl)c1Cl)C1CSc2ccccc2O1. The molecule has 3 rings (SSSR count). The van der Waals surface area contributed by atoms with Crippen molar-refractivity contribution in [2.24, 2.45) is 5.73 Å². The summed E-state index contributed by atoms with van der Waals surface area (Å²) in [5, 5.41) is 1.03. The summed E-state index contributed by atoms with van der Waals surface area (Å²) in [6, 6.07) is 13.2. The van der Waals surface area contributed by atoms with Crippen LogP contribution in [0.3, 0.4) is 0 Å². The van der Waals surface area contributed by atoms with Crippen molar-refractivity contribution in [3.63, 3.8) is 0 Å². The van der Waals surface area contributed by atoms with Crippen molar-refractivity contribution in [3.05, 3.63) is 58.1 Å². The topological polar surface area (TPSA) is 35.2 Å². The average Bonchev–Trinajstić information content (AvgIpc) is 2.49. The van der Waals surface area contributed by atoms with Gasteiger partial charge in [-0.1, -0.05) is 47.5 Å². The summed E-state index contributed by atoms with van der Waals surface area (Å²) < 4.78 is 6.00. The van der Waals surface area contributed by atoms with Crippen molar-refractivity contribution in [2.75, 3.05) is 5.75 Å². The Kier molecular flexibility index (Phi) is 4.13. The first-order valence-corrected chi connectivity index (χ1v) is 7.99. The molecule has 0 aliphatic carbocycles. The Morgan fingerprint density at radius 2 is 1.95 bits per heavy atom. The molecule has 2 nitrogen and oxygen atoms in total. The lowest BCUT2D eigenvalue weighted by Gasteiger charge is -2.30. The number of para-hydroxylation sites is 1. The predicted molar refractivity (Wildman–Crippen MR) is 85.0 cm³/mol. The monoisotopic (exact) mass is 325 g/mol. The maximum absolute atomic E-state index is 6.32. The molecule has 0 saturated heterocycles. The minimum Gasteiger partial charge on any atom is -0.486 e. The van der Waals surface area contributed by atoms with Gasteiger partial charge in [-0.05, 0) is 23.8 Å². The van der Waals surface area contributed by atoms with Gasteiger partial charge in [0, 0.05) is 10.6 Å². The lowest BCUT2D eigenvalue weighted by atomic mass is 10.0. The summed E-state index contributed by atoms with van der Waals surface area (Å²) in [6.45, 7) is 0. The normalized spacial score (nSPS) is 19.1. The van der Waals surface area contributed by atoms with Gasteiger partial charge < -0.3 is 10.5 Å². The van der Waals surface area contributed by atoms with E-state index in [4.69, 9.17) is 33.7 Å². The van der Waals surface area contributed by atoms with E-state index in [1.807, 2.05) is 36.4 Å². The highest BCUT2D eigenvalue weighted by atomic mass is 35.5. The fraction of sp³-hybridized carbons (Fsp3) is 0.200. The zero-order chi connectivity index (χ0) is 14.1. The number of benzene rings is 2. The molecule has 0 fully saturated rings. The molecule has 104 valence electrons. The van der Waals surface area contributed by atoms with E-state index in [2.05, 4.69) is 0 Å². The van der Waals surface area contributed by atoms with Crippen LogP contribution >= 0.6 is 35.0 Å². The molecule has 0 bridgehead atoms. The lowest BCUT2D eigenvalue weighted by molar-refractivity contribution is 0.185.